The molecule has 2 aromatic carbocycles. The van der Waals surface area contributed by atoms with Crippen LogP contribution < -0.4 is 5.32 Å². The summed E-state index contributed by atoms with van der Waals surface area (Å²) in [5.41, 5.74) is 2.24. The molecule has 1 amide bonds. The van der Waals surface area contributed by atoms with E-state index < -0.39 is 26.4 Å². The van der Waals surface area contributed by atoms with Crippen molar-refractivity contribution < 1.29 is 18.1 Å². The molecule has 0 radical (unpaired) electrons. The maximum absolute atomic E-state index is 12.6. The predicted octanol–water partition coefficient (Wildman–Crippen LogP) is 4.72. The van der Waals surface area contributed by atoms with Gasteiger partial charge >= 0.3 is 0 Å². The highest BCUT2D eigenvalue weighted by molar-refractivity contribution is 7.90. The molecule has 8 nitrogen and oxygen atoms in total. The van der Waals surface area contributed by atoms with Gasteiger partial charge in [0, 0.05) is 34.9 Å². The van der Waals surface area contributed by atoms with E-state index in [-0.39, 0.29) is 10.5 Å². The third-order valence-electron chi connectivity index (χ3n) is 4.59. The fourth-order valence-electron chi connectivity index (χ4n) is 2.89. The van der Waals surface area contributed by atoms with Gasteiger partial charge in [0.15, 0.2) is 15.0 Å². The van der Waals surface area contributed by atoms with Gasteiger partial charge in [0.2, 0.25) is 0 Å². The zero-order chi connectivity index (χ0) is 22.6. The highest BCUT2D eigenvalue weighted by Crippen LogP contribution is 2.27. The van der Waals surface area contributed by atoms with Crippen LogP contribution in [0.15, 0.2) is 52.7 Å². The van der Waals surface area contributed by atoms with Crippen molar-refractivity contribution in [2.75, 3.05) is 11.6 Å². The first-order valence-electron chi connectivity index (χ1n) is 9.53. The third kappa shape index (κ3) is 5.74. The summed E-state index contributed by atoms with van der Waals surface area (Å²) < 4.78 is 23.6. The number of aryl methyl sites for hydroxylation is 1. The molecule has 1 N–H and O–H groups in total. The van der Waals surface area contributed by atoms with E-state index in [1.807, 2.05) is 12.1 Å². The van der Waals surface area contributed by atoms with Gasteiger partial charge in [0.25, 0.3) is 11.6 Å². The quantitative estimate of drug-likeness (QED) is 0.385. The first-order chi connectivity index (χ1) is 14.7. The number of hydrogen-bond donors (Lipinski definition) is 1. The molecule has 0 fully saturated rings. The monoisotopic (exact) mass is 459 g/mol. The summed E-state index contributed by atoms with van der Waals surface area (Å²) in [5, 5.41) is 15.8. The summed E-state index contributed by atoms with van der Waals surface area (Å²) in [6.07, 6.45) is 4.21. The van der Waals surface area contributed by atoms with Crippen molar-refractivity contribution >= 4 is 37.9 Å². The number of non-ortho nitro benzene ring substituents is 1. The van der Waals surface area contributed by atoms with Gasteiger partial charge in [0.05, 0.1) is 15.5 Å². The number of nitrogens with one attached hydrogen (secondary N) is 1. The van der Waals surface area contributed by atoms with E-state index in [2.05, 4.69) is 29.4 Å². The lowest BCUT2D eigenvalue weighted by molar-refractivity contribution is -0.385. The SMILES string of the molecule is CCCCc1ccc(-c2csc(NC(=O)c3cc([N+](=O)[O-])cc(S(C)(=O)=O)c3)n2)cc1. The molecule has 0 aliphatic heterocycles. The third-order valence-corrected chi connectivity index (χ3v) is 6.44. The molecule has 0 aliphatic carbocycles. The number of aromatic nitrogens is 1. The summed E-state index contributed by atoms with van der Waals surface area (Å²) in [6, 6.07) is 11.1. The van der Waals surface area contributed by atoms with Crippen molar-refractivity contribution in [1.29, 1.82) is 0 Å². The number of amides is 1. The standard InChI is InChI=1S/C21H21N3O5S2/c1-3-4-5-14-6-8-15(9-7-14)19-13-30-21(22-19)23-20(25)16-10-17(24(26)27)12-18(11-16)31(2,28)29/h6-13H,3-5H2,1-2H3,(H,22,23,25). The number of carbonyl (C=O) groups excluding carboxylic acids is 1. The molecule has 10 heteroatoms. The van der Waals surface area contributed by atoms with Crippen molar-refractivity contribution in [3.05, 3.63) is 69.1 Å². The Hall–Kier alpha value is -3.11. The van der Waals surface area contributed by atoms with Gasteiger partial charge in [-0.1, -0.05) is 37.6 Å². The maximum Gasteiger partial charge on any atom is 0.271 e. The Bertz CT molecular complexity index is 1220. The fourth-order valence-corrected chi connectivity index (χ4v) is 4.28. The largest absolute Gasteiger partial charge is 0.298 e. The van der Waals surface area contributed by atoms with E-state index in [4.69, 9.17) is 0 Å². The van der Waals surface area contributed by atoms with Crippen LogP contribution in [0.25, 0.3) is 11.3 Å². The number of anilines is 1. The van der Waals surface area contributed by atoms with Gasteiger partial charge < -0.3 is 0 Å². The number of sulfone groups is 1. The number of nitro groups is 1. The molecule has 0 atom stereocenters. The van der Waals surface area contributed by atoms with Crippen LogP contribution in [0.3, 0.4) is 0 Å². The molecule has 0 bridgehead atoms. The summed E-state index contributed by atoms with van der Waals surface area (Å²) in [6.45, 7) is 2.15. The van der Waals surface area contributed by atoms with E-state index in [1.54, 1.807) is 5.38 Å². The van der Waals surface area contributed by atoms with Crippen molar-refractivity contribution in [1.82, 2.24) is 4.98 Å². The lowest BCUT2D eigenvalue weighted by Crippen LogP contribution is -2.13. The maximum atomic E-state index is 12.6. The summed E-state index contributed by atoms with van der Waals surface area (Å²) in [5.74, 6) is -0.676. The Morgan fingerprint density at radius 1 is 1.19 bits per heavy atom. The number of unbranched alkanes of at least 4 members (excludes halogenated alkanes) is 1. The van der Waals surface area contributed by atoms with Gasteiger partial charge in [-0.3, -0.25) is 20.2 Å². The van der Waals surface area contributed by atoms with E-state index in [0.717, 1.165) is 49.3 Å². The highest BCUT2D eigenvalue weighted by atomic mass is 32.2. The van der Waals surface area contributed by atoms with Crippen LogP contribution in [0.1, 0.15) is 35.7 Å². The molecule has 0 saturated heterocycles. The number of nitro benzene ring substituents is 1. The Morgan fingerprint density at radius 2 is 1.90 bits per heavy atom. The van der Waals surface area contributed by atoms with E-state index >= 15 is 0 Å². The minimum atomic E-state index is -3.73. The predicted molar refractivity (Wildman–Crippen MR) is 120 cm³/mol. The molecule has 1 heterocycles. The van der Waals surface area contributed by atoms with Crippen molar-refractivity contribution in [3.8, 4) is 11.3 Å². The number of benzene rings is 2. The average molecular weight is 460 g/mol. The van der Waals surface area contributed by atoms with E-state index in [1.165, 1.54) is 16.9 Å². The van der Waals surface area contributed by atoms with Crippen LogP contribution in [0.4, 0.5) is 10.8 Å². The molecular formula is C21H21N3O5S2. The molecular weight excluding hydrogens is 438 g/mol. The van der Waals surface area contributed by atoms with Gasteiger partial charge in [-0.2, -0.15) is 0 Å². The first kappa shape index (κ1) is 22.6. The summed E-state index contributed by atoms with van der Waals surface area (Å²) in [4.78, 5) is 27.1. The Kier molecular flexibility index (Phi) is 6.81. The molecule has 31 heavy (non-hydrogen) atoms. The van der Waals surface area contributed by atoms with E-state index in [0.29, 0.717) is 10.8 Å². The number of hydrogen-bond acceptors (Lipinski definition) is 7. The highest BCUT2D eigenvalue weighted by Gasteiger charge is 2.20. The lowest BCUT2D eigenvalue weighted by atomic mass is 10.1. The number of rotatable bonds is 8. The fraction of sp³-hybridized carbons (Fsp3) is 0.238. The van der Waals surface area contributed by atoms with Crippen LogP contribution in [0, 0.1) is 10.1 Å². The minimum Gasteiger partial charge on any atom is -0.298 e. The summed E-state index contributed by atoms with van der Waals surface area (Å²) in [7, 11) is -3.73. The normalized spacial score (nSPS) is 11.3. The molecule has 0 saturated carbocycles. The lowest BCUT2D eigenvalue weighted by Gasteiger charge is -2.05. The molecule has 0 unspecified atom stereocenters. The first-order valence-corrected chi connectivity index (χ1v) is 12.3. The van der Waals surface area contributed by atoms with Crippen molar-refractivity contribution in [2.24, 2.45) is 0 Å². The topological polar surface area (TPSA) is 119 Å². The van der Waals surface area contributed by atoms with Crippen LogP contribution >= 0.6 is 11.3 Å². The Labute approximate surface area is 184 Å². The molecule has 3 rings (SSSR count). The summed E-state index contributed by atoms with van der Waals surface area (Å²) >= 11 is 1.21. The van der Waals surface area contributed by atoms with Crippen molar-refractivity contribution in [3.63, 3.8) is 0 Å². The van der Waals surface area contributed by atoms with Crippen molar-refractivity contribution in [2.45, 2.75) is 31.1 Å². The molecule has 162 valence electrons. The minimum absolute atomic E-state index is 0.133. The van der Waals surface area contributed by atoms with E-state index in [9.17, 15) is 23.3 Å². The average Bonchev–Trinajstić information content (AvgIpc) is 3.20. The smallest absolute Gasteiger partial charge is 0.271 e. The van der Waals surface area contributed by atoms with Crippen LogP contribution in [-0.2, 0) is 16.3 Å². The zero-order valence-electron chi connectivity index (χ0n) is 17.0. The molecule has 3 aromatic rings. The second-order valence-corrected chi connectivity index (χ2v) is 9.91. The van der Waals surface area contributed by atoms with Gasteiger partial charge in [-0.15, -0.1) is 11.3 Å². The second-order valence-electron chi connectivity index (χ2n) is 7.04. The van der Waals surface area contributed by atoms with Crippen LogP contribution in [0.5, 0.6) is 0 Å². The molecule has 1 aromatic heterocycles. The van der Waals surface area contributed by atoms with Gasteiger partial charge in [0.1, 0.15) is 0 Å². The Balaban J connectivity index is 1.80. The molecule has 0 aliphatic rings. The number of carbonyl (C=O) groups is 1. The number of nitrogens with zero attached hydrogens (tertiary/aromatic N) is 2. The van der Waals surface area contributed by atoms with Crippen LogP contribution in [0.2, 0.25) is 0 Å². The number of thiazole rings is 1. The van der Waals surface area contributed by atoms with Gasteiger partial charge in [-0.25, -0.2) is 13.4 Å². The second kappa shape index (κ2) is 9.36. The van der Waals surface area contributed by atoms with Crippen LogP contribution in [-0.4, -0.2) is 30.5 Å². The molecule has 0 spiro atoms. The zero-order valence-corrected chi connectivity index (χ0v) is 18.6. The Morgan fingerprint density at radius 3 is 2.52 bits per heavy atom. The van der Waals surface area contributed by atoms with Gasteiger partial charge in [-0.05, 0) is 24.5 Å².